The summed E-state index contributed by atoms with van der Waals surface area (Å²) < 4.78 is 6.13. The first kappa shape index (κ1) is 14.1. The minimum absolute atomic E-state index is 0.0452. The van der Waals surface area contributed by atoms with Crippen molar-refractivity contribution < 1.29 is 9.53 Å². The summed E-state index contributed by atoms with van der Waals surface area (Å²) in [5.41, 5.74) is 6.20. The van der Waals surface area contributed by atoms with Crippen molar-refractivity contribution in [1.29, 1.82) is 0 Å². The van der Waals surface area contributed by atoms with Crippen molar-refractivity contribution in [2.45, 2.75) is 13.3 Å². The highest BCUT2D eigenvalue weighted by Crippen LogP contribution is 2.34. The van der Waals surface area contributed by atoms with Gasteiger partial charge in [0.2, 0.25) is 5.91 Å². The van der Waals surface area contributed by atoms with Gasteiger partial charge >= 0.3 is 0 Å². The summed E-state index contributed by atoms with van der Waals surface area (Å²) >= 11 is 9.12. The second-order valence-corrected chi connectivity index (χ2v) is 4.65. The lowest BCUT2D eigenvalue weighted by molar-refractivity contribution is -0.121. The fraction of sp³-hybridized carbons (Fsp3) is 0.364. The van der Waals surface area contributed by atoms with Crippen LogP contribution >= 0.6 is 27.5 Å². The first-order valence-electron chi connectivity index (χ1n) is 5.18. The van der Waals surface area contributed by atoms with E-state index in [-0.39, 0.29) is 12.5 Å². The van der Waals surface area contributed by atoms with Gasteiger partial charge in [-0.1, -0.05) is 11.6 Å². The number of amides is 1. The van der Waals surface area contributed by atoms with Gasteiger partial charge in [0, 0.05) is 11.6 Å². The second kappa shape index (κ2) is 6.71. The van der Waals surface area contributed by atoms with Gasteiger partial charge in [-0.3, -0.25) is 4.79 Å². The van der Waals surface area contributed by atoms with Crippen LogP contribution in [0.3, 0.4) is 0 Å². The first-order chi connectivity index (χ1) is 8.04. The van der Waals surface area contributed by atoms with Crippen molar-refractivity contribution in [3.63, 3.8) is 0 Å². The molecule has 0 unspecified atom stereocenters. The van der Waals surface area contributed by atoms with Crippen LogP contribution in [0.2, 0.25) is 5.02 Å². The van der Waals surface area contributed by atoms with E-state index in [0.717, 1.165) is 0 Å². The molecule has 0 aliphatic rings. The molecule has 6 heteroatoms. The van der Waals surface area contributed by atoms with Crippen molar-refractivity contribution in [1.82, 2.24) is 5.32 Å². The van der Waals surface area contributed by atoms with Gasteiger partial charge in [0.15, 0.2) is 5.75 Å². The molecule has 1 aromatic carbocycles. The van der Waals surface area contributed by atoms with Gasteiger partial charge in [0.1, 0.15) is 0 Å². The number of carbonyl (C=O) groups is 1. The van der Waals surface area contributed by atoms with Crippen LogP contribution in [0.1, 0.15) is 13.3 Å². The van der Waals surface area contributed by atoms with E-state index in [9.17, 15) is 4.79 Å². The molecule has 3 N–H and O–H groups in total. The van der Waals surface area contributed by atoms with Crippen LogP contribution in [0.5, 0.6) is 5.75 Å². The number of rotatable bonds is 5. The van der Waals surface area contributed by atoms with Crippen molar-refractivity contribution in [2.75, 3.05) is 18.9 Å². The summed E-state index contributed by atoms with van der Waals surface area (Å²) in [6, 6.07) is 3.30. The molecule has 0 atom stereocenters. The van der Waals surface area contributed by atoms with Crippen molar-refractivity contribution >= 4 is 39.1 Å². The first-order valence-corrected chi connectivity index (χ1v) is 6.35. The van der Waals surface area contributed by atoms with Crippen LogP contribution in [0.15, 0.2) is 16.6 Å². The predicted molar refractivity (Wildman–Crippen MR) is 72.4 cm³/mol. The Kier molecular flexibility index (Phi) is 5.58. The molecule has 0 bridgehead atoms. The smallest absolute Gasteiger partial charge is 0.223 e. The molecule has 94 valence electrons. The van der Waals surface area contributed by atoms with E-state index in [1.54, 1.807) is 12.1 Å². The van der Waals surface area contributed by atoms with Crippen LogP contribution < -0.4 is 15.8 Å². The monoisotopic (exact) mass is 320 g/mol. The topological polar surface area (TPSA) is 64.3 Å². The molecule has 0 heterocycles. The average Bonchev–Trinajstić information content (AvgIpc) is 2.22. The number of halogens is 2. The molecule has 0 radical (unpaired) electrons. The Morgan fingerprint density at radius 2 is 2.29 bits per heavy atom. The average molecular weight is 322 g/mol. The highest BCUT2D eigenvalue weighted by Gasteiger charge is 2.08. The lowest BCUT2D eigenvalue weighted by Crippen LogP contribution is -2.24. The minimum atomic E-state index is -0.0452. The third kappa shape index (κ3) is 4.44. The quantitative estimate of drug-likeness (QED) is 0.819. The van der Waals surface area contributed by atoms with E-state index in [4.69, 9.17) is 22.1 Å². The lowest BCUT2D eigenvalue weighted by atomic mass is 10.3. The summed E-state index contributed by atoms with van der Waals surface area (Å²) in [5.74, 6) is 0.467. The van der Waals surface area contributed by atoms with Gasteiger partial charge < -0.3 is 15.8 Å². The molecule has 17 heavy (non-hydrogen) atoms. The standard InChI is InChI=1S/C11H14BrClN2O2/c1-2-15-10(16)3-4-17-11-8(12)5-7(13)6-9(11)14/h5-6H,2-4,14H2,1H3,(H,15,16). The molecule has 0 fully saturated rings. The highest BCUT2D eigenvalue weighted by molar-refractivity contribution is 9.10. The van der Waals surface area contributed by atoms with Gasteiger partial charge in [0.05, 0.1) is 23.2 Å². The van der Waals surface area contributed by atoms with Gasteiger partial charge in [-0.15, -0.1) is 0 Å². The summed E-state index contributed by atoms with van der Waals surface area (Å²) in [7, 11) is 0. The molecular weight excluding hydrogens is 307 g/mol. The maximum absolute atomic E-state index is 11.2. The Labute approximate surface area is 114 Å². The number of hydrogen-bond donors (Lipinski definition) is 2. The molecule has 0 spiro atoms. The number of carbonyl (C=O) groups excluding carboxylic acids is 1. The third-order valence-corrected chi connectivity index (χ3v) is 2.79. The molecule has 0 saturated heterocycles. The molecular formula is C11H14BrClN2O2. The molecule has 1 aromatic rings. The Hall–Kier alpha value is -0.940. The maximum atomic E-state index is 11.2. The fourth-order valence-electron chi connectivity index (χ4n) is 1.26. The number of ether oxygens (including phenoxy) is 1. The fourth-order valence-corrected chi connectivity index (χ4v) is 2.21. The van der Waals surface area contributed by atoms with Crippen LogP contribution in [-0.2, 0) is 4.79 Å². The normalized spacial score (nSPS) is 10.1. The molecule has 1 amide bonds. The zero-order valence-corrected chi connectivity index (χ0v) is 11.8. The maximum Gasteiger partial charge on any atom is 0.223 e. The molecule has 0 aromatic heterocycles. The van der Waals surface area contributed by atoms with Crippen molar-refractivity contribution in [2.24, 2.45) is 0 Å². The van der Waals surface area contributed by atoms with E-state index in [1.165, 1.54) is 0 Å². The number of nitrogen functional groups attached to an aromatic ring is 1. The van der Waals surface area contributed by atoms with Gasteiger partial charge in [0.25, 0.3) is 0 Å². The van der Waals surface area contributed by atoms with Crippen LogP contribution in [0, 0.1) is 0 Å². The number of benzene rings is 1. The summed E-state index contributed by atoms with van der Waals surface area (Å²) in [4.78, 5) is 11.2. The number of nitrogens with two attached hydrogens (primary N) is 1. The van der Waals surface area contributed by atoms with Crippen molar-refractivity contribution in [3.05, 3.63) is 21.6 Å². The lowest BCUT2D eigenvalue weighted by Gasteiger charge is -2.11. The van der Waals surface area contributed by atoms with Crippen LogP contribution in [0.25, 0.3) is 0 Å². The second-order valence-electron chi connectivity index (χ2n) is 3.36. The number of hydrogen-bond acceptors (Lipinski definition) is 3. The molecule has 4 nitrogen and oxygen atoms in total. The molecule has 0 saturated carbocycles. The SMILES string of the molecule is CCNC(=O)CCOc1c(N)cc(Cl)cc1Br. The summed E-state index contributed by atoms with van der Waals surface area (Å²) in [6.45, 7) is 2.76. The molecule has 0 aliphatic carbocycles. The zero-order valence-electron chi connectivity index (χ0n) is 9.43. The van der Waals surface area contributed by atoms with Gasteiger partial charge in [-0.25, -0.2) is 0 Å². The van der Waals surface area contributed by atoms with Crippen molar-refractivity contribution in [3.8, 4) is 5.75 Å². The van der Waals surface area contributed by atoms with Gasteiger partial charge in [-0.2, -0.15) is 0 Å². The Morgan fingerprint density at radius 1 is 1.59 bits per heavy atom. The highest BCUT2D eigenvalue weighted by atomic mass is 79.9. The van der Waals surface area contributed by atoms with E-state index in [0.29, 0.717) is 33.9 Å². The predicted octanol–water partition coefficient (Wildman–Crippen LogP) is 2.59. The Balaban J connectivity index is 2.55. The molecule has 0 aliphatic heterocycles. The zero-order chi connectivity index (χ0) is 12.8. The van der Waals surface area contributed by atoms with E-state index in [1.807, 2.05) is 6.92 Å². The van der Waals surface area contributed by atoms with E-state index in [2.05, 4.69) is 21.2 Å². The van der Waals surface area contributed by atoms with E-state index >= 15 is 0 Å². The number of anilines is 1. The van der Waals surface area contributed by atoms with Gasteiger partial charge in [-0.05, 0) is 35.0 Å². The van der Waals surface area contributed by atoms with E-state index < -0.39 is 0 Å². The largest absolute Gasteiger partial charge is 0.490 e. The minimum Gasteiger partial charge on any atom is -0.490 e. The summed E-state index contributed by atoms with van der Waals surface area (Å²) in [5, 5.41) is 3.22. The third-order valence-electron chi connectivity index (χ3n) is 1.99. The summed E-state index contributed by atoms with van der Waals surface area (Å²) in [6.07, 6.45) is 0.294. The molecule has 1 rings (SSSR count). The van der Waals surface area contributed by atoms with Crippen LogP contribution in [-0.4, -0.2) is 19.1 Å². The Bertz CT molecular complexity index is 389. The Morgan fingerprint density at radius 3 is 2.88 bits per heavy atom. The van der Waals surface area contributed by atoms with Crippen LogP contribution in [0.4, 0.5) is 5.69 Å². The number of nitrogens with one attached hydrogen (secondary N) is 1.